The van der Waals surface area contributed by atoms with Gasteiger partial charge in [0.2, 0.25) is 0 Å². The van der Waals surface area contributed by atoms with E-state index in [-0.39, 0.29) is 18.0 Å². The fourth-order valence-electron chi connectivity index (χ4n) is 7.68. The van der Waals surface area contributed by atoms with Crippen LogP contribution in [0, 0.1) is 0 Å². The fraction of sp³-hybridized carbons (Fsp3) is 0.292. The zero-order valence-corrected chi connectivity index (χ0v) is 31.9. The Morgan fingerprint density at radius 3 is 1.92 bits per heavy atom. The highest BCUT2D eigenvalue weighted by Gasteiger charge is 2.35. The summed E-state index contributed by atoms with van der Waals surface area (Å²) in [4.78, 5) is 2.52. The molecule has 52 heavy (non-hydrogen) atoms. The summed E-state index contributed by atoms with van der Waals surface area (Å²) in [6, 6.07) is 37.3. The number of fused-ring (bicyclic) bond motifs is 1. The summed E-state index contributed by atoms with van der Waals surface area (Å²) in [6.07, 6.45) is 6.30. The van der Waals surface area contributed by atoms with Crippen molar-refractivity contribution in [2.45, 2.75) is 91.3 Å². The molecule has 2 atom stereocenters. The van der Waals surface area contributed by atoms with E-state index in [1.807, 2.05) is 12.1 Å². The highest BCUT2D eigenvalue weighted by atomic mass is 16.3. The van der Waals surface area contributed by atoms with E-state index < -0.39 is 0 Å². The van der Waals surface area contributed by atoms with E-state index in [0.29, 0.717) is 23.7 Å². The molecule has 0 aromatic heterocycles. The number of phenols is 1. The molecule has 266 valence electrons. The first-order valence-corrected chi connectivity index (χ1v) is 19.0. The average molecular weight is 688 g/mol. The summed E-state index contributed by atoms with van der Waals surface area (Å²) < 4.78 is 0. The maximum atomic E-state index is 11.2. The molecule has 7 rings (SSSR count). The van der Waals surface area contributed by atoms with Gasteiger partial charge in [0, 0.05) is 11.3 Å². The lowest BCUT2D eigenvalue weighted by Gasteiger charge is -2.33. The van der Waals surface area contributed by atoms with E-state index in [1.165, 1.54) is 50.3 Å². The topological polar surface area (TPSA) is 47.5 Å². The number of nitrogens with zero attached hydrogens (tertiary/aromatic N) is 1. The van der Waals surface area contributed by atoms with Crippen LogP contribution in [0.25, 0.3) is 16.8 Å². The van der Waals surface area contributed by atoms with Crippen LogP contribution in [-0.4, -0.2) is 5.11 Å². The van der Waals surface area contributed by atoms with Crippen LogP contribution in [-0.2, 0) is 0 Å². The summed E-state index contributed by atoms with van der Waals surface area (Å²) in [5, 5.41) is 18.9. The fourth-order valence-corrected chi connectivity index (χ4v) is 7.68. The van der Waals surface area contributed by atoms with Crippen LogP contribution in [0.15, 0.2) is 121 Å². The SMILES string of the molecule is CC(C)c1cc(-c2ccc(O)c(C3=CC=CC(c4cccc(C5Nc6ccccc6N5c5c(C(C)C)cccc5C(C)C)c4)N3)c2)cc(C(C)C)c1. The lowest BCUT2D eigenvalue weighted by Crippen LogP contribution is -2.26. The van der Waals surface area contributed by atoms with E-state index in [2.05, 4.69) is 180 Å². The van der Waals surface area contributed by atoms with Gasteiger partial charge in [-0.05, 0) is 105 Å². The maximum absolute atomic E-state index is 11.2. The van der Waals surface area contributed by atoms with Crippen molar-refractivity contribution in [2.75, 3.05) is 10.2 Å². The van der Waals surface area contributed by atoms with Crippen molar-refractivity contribution in [1.82, 2.24) is 5.32 Å². The Morgan fingerprint density at radius 1 is 0.596 bits per heavy atom. The molecule has 2 heterocycles. The molecule has 0 spiro atoms. The molecular formula is C48H53N3O. The summed E-state index contributed by atoms with van der Waals surface area (Å²) >= 11 is 0. The quantitative estimate of drug-likeness (QED) is 0.144. The molecule has 0 saturated carbocycles. The second-order valence-corrected chi connectivity index (χ2v) is 15.7. The van der Waals surface area contributed by atoms with E-state index in [1.54, 1.807) is 0 Å². The normalized spacial score (nSPS) is 16.8. The average Bonchev–Trinajstić information content (AvgIpc) is 3.54. The van der Waals surface area contributed by atoms with Crippen molar-refractivity contribution >= 4 is 22.8 Å². The minimum atomic E-state index is -0.0737. The van der Waals surface area contributed by atoms with E-state index in [4.69, 9.17) is 0 Å². The molecule has 0 aliphatic carbocycles. The zero-order valence-electron chi connectivity index (χ0n) is 31.9. The first-order chi connectivity index (χ1) is 25.0. The van der Waals surface area contributed by atoms with Crippen LogP contribution in [0.2, 0.25) is 0 Å². The third-order valence-electron chi connectivity index (χ3n) is 10.7. The Bertz CT molecular complexity index is 2100. The highest BCUT2D eigenvalue weighted by molar-refractivity contribution is 5.86. The summed E-state index contributed by atoms with van der Waals surface area (Å²) in [5.74, 6) is 1.88. The largest absolute Gasteiger partial charge is 0.507 e. The van der Waals surface area contributed by atoms with Crippen LogP contribution in [0.4, 0.5) is 17.1 Å². The second-order valence-electron chi connectivity index (χ2n) is 15.7. The molecule has 5 aromatic rings. The Balaban J connectivity index is 1.22. The van der Waals surface area contributed by atoms with Crippen molar-refractivity contribution in [3.05, 3.63) is 160 Å². The van der Waals surface area contributed by atoms with Gasteiger partial charge in [-0.25, -0.2) is 0 Å². The lowest BCUT2D eigenvalue weighted by atomic mass is 9.90. The number of hydrogen-bond donors (Lipinski definition) is 3. The van der Waals surface area contributed by atoms with Crippen molar-refractivity contribution in [1.29, 1.82) is 0 Å². The van der Waals surface area contributed by atoms with Crippen molar-refractivity contribution < 1.29 is 5.11 Å². The van der Waals surface area contributed by atoms with Crippen LogP contribution in [0.5, 0.6) is 5.75 Å². The third-order valence-corrected chi connectivity index (χ3v) is 10.7. The van der Waals surface area contributed by atoms with Crippen LogP contribution >= 0.6 is 0 Å². The first-order valence-electron chi connectivity index (χ1n) is 19.0. The number of aromatic hydroxyl groups is 1. The number of phenolic OH excluding ortho intramolecular Hbond substituents is 1. The van der Waals surface area contributed by atoms with Gasteiger partial charge in [0.05, 0.1) is 23.1 Å². The number of allylic oxidation sites excluding steroid dienone is 2. The minimum Gasteiger partial charge on any atom is -0.507 e. The summed E-state index contributed by atoms with van der Waals surface area (Å²) in [7, 11) is 0. The molecular weight excluding hydrogens is 635 g/mol. The Labute approximate surface area is 310 Å². The van der Waals surface area contributed by atoms with Gasteiger partial charge in [-0.1, -0.05) is 140 Å². The monoisotopic (exact) mass is 687 g/mol. The number of nitrogens with one attached hydrogen (secondary N) is 2. The van der Waals surface area contributed by atoms with Gasteiger partial charge < -0.3 is 20.6 Å². The van der Waals surface area contributed by atoms with Gasteiger partial charge in [0.15, 0.2) is 0 Å². The Hall–Kier alpha value is -5.22. The highest BCUT2D eigenvalue weighted by Crippen LogP contribution is 2.50. The second kappa shape index (κ2) is 14.4. The molecule has 4 nitrogen and oxygen atoms in total. The molecule has 0 fully saturated rings. The number of dihydropyridines is 1. The van der Waals surface area contributed by atoms with Crippen molar-refractivity contribution in [3.8, 4) is 16.9 Å². The molecule has 0 saturated heterocycles. The van der Waals surface area contributed by atoms with Crippen LogP contribution in [0.1, 0.15) is 130 Å². The molecule has 5 aromatic carbocycles. The molecule has 4 heteroatoms. The van der Waals surface area contributed by atoms with Gasteiger partial charge in [-0.3, -0.25) is 0 Å². The Morgan fingerprint density at radius 2 is 1.25 bits per heavy atom. The lowest BCUT2D eigenvalue weighted by molar-refractivity contribution is 0.473. The minimum absolute atomic E-state index is 0.0637. The van der Waals surface area contributed by atoms with Gasteiger partial charge >= 0.3 is 0 Å². The van der Waals surface area contributed by atoms with Crippen LogP contribution < -0.4 is 15.5 Å². The molecule has 2 unspecified atom stereocenters. The van der Waals surface area contributed by atoms with E-state index >= 15 is 0 Å². The number of benzene rings is 5. The predicted octanol–water partition coefficient (Wildman–Crippen LogP) is 13.1. The molecule has 3 N–H and O–H groups in total. The number of rotatable bonds is 9. The summed E-state index contributed by atoms with van der Waals surface area (Å²) in [5.41, 5.74) is 15.4. The van der Waals surface area contributed by atoms with Crippen LogP contribution in [0.3, 0.4) is 0 Å². The first kappa shape index (κ1) is 35.2. The molecule has 0 bridgehead atoms. The molecule has 2 aliphatic rings. The molecule has 0 radical (unpaired) electrons. The smallest absolute Gasteiger partial charge is 0.130 e. The number of anilines is 3. The third kappa shape index (κ3) is 6.75. The number of hydrogen-bond acceptors (Lipinski definition) is 4. The van der Waals surface area contributed by atoms with Gasteiger partial charge in [-0.2, -0.15) is 0 Å². The van der Waals surface area contributed by atoms with Gasteiger partial charge in [-0.15, -0.1) is 0 Å². The number of para-hydroxylation sites is 3. The van der Waals surface area contributed by atoms with Gasteiger partial charge in [0.25, 0.3) is 0 Å². The van der Waals surface area contributed by atoms with E-state index in [9.17, 15) is 5.11 Å². The van der Waals surface area contributed by atoms with E-state index in [0.717, 1.165) is 22.5 Å². The van der Waals surface area contributed by atoms with Gasteiger partial charge in [0.1, 0.15) is 11.9 Å². The Kier molecular flexibility index (Phi) is 9.76. The van der Waals surface area contributed by atoms with Crippen molar-refractivity contribution in [3.63, 3.8) is 0 Å². The maximum Gasteiger partial charge on any atom is 0.130 e. The predicted molar refractivity (Wildman–Crippen MR) is 221 cm³/mol. The molecule has 2 aliphatic heterocycles. The standard InChI is InChI=1S/C48H53N3O/c1-29(2)36-25-37(30(3)4)27-38(26-36)33-22-23-46(52)41(28-33)43-20-13-19-42(49-43)34-14-11-15-35(24-34)48-50-44-18-9-10-21-45(44)51(48)47-39(31(5)6)16-12-17-40(47)32(7)8/h9-32,42,48-50,52H,1-8H3. The zero-order chi connectivity index (χ0) is 36.7. The summed E-state index contributed by atoms with van der Waals surface area (Å²) in [6.45, 7) is 18.1. The van der Waals surface area contributed by atoms with Crippen molar-refractivity contribution in [2.24, 2.45) is 0 Å². The molecule has 0 amide bonds.